The molecule has 1 amide bonds. The fraction of sp³-hybridized carbons (Fsp3) is 0.192. The molecule has 0 aliphatic carbocycles. The summed E-state index contributed by atoms with van der Waals surface area (Å²) < 4.78 is 16.9. The zero-order valence-electron chi connectivity index (χ0n) is 18.3. The number of amides is 1. The highest BCUT2D eigenvalue weighted by molar-refractivity contribution is 9.10. The number of halogens is 2. The number of hydrogen-bond donors (Lipinski definition) is 0. The molecule has 0 radical (unpaired) electrons. The third-order valence-corrected chi connectivity index (χ3v) is 6.18. The van der Waals surface area contributed by atoms with Crippen molar-refractivity contribution in [2.24, 2.45) is 0 Å². The van der Waals surface area contributed by atoms with Crippen molar-refractivity contribution in [3.8, 4) is 5.69 Å². The Bertz CT molecular complexity index is 1370. The topological polar surface area (TPSA) is 55.2 Å². The Labute approximate surface area is 199 Å². The van der Waals surface area contributed by atoms with Crippen molar-refractivity contribution in [2.45, 2.75) is 26.3 Å². The van der Waals surface area contributed by atoms with Gasteiger partial charge in [-0.3, -0.25) is 14.2 Å². The van der Waals surface area contributed by atoms with E-state index in [1.54, 1.807) is 39.8 Å². The Morgan fingerprint density at radius 1 is 1.03 bits per heavy atom. The van der Waals surface area contributed by atoms with Crippen LogP contribution in [0.5, 0.6) is 0 Å². The monoisotopic (exact) mass is 507 g/mol. The first kappa shape index (κ1) is 22.9. The molecule has 168 valence electrons. The minimum atomic E-state index is -0.576. The van der Waals surface area contributed by atoms with Crippen LogP contribution in [0.1, 0.15) is 42.5 Å². The van der Waals surface area contributed by atoms with E-state index in [0.717, 1.165) is 4.47 Å². The van der Waals surface area contributed by atoms with Crippen molar-refractivity contribution < 1.29 is 9.18 Å². The van der Waals surface area contributed by atoms with E-state index in [2.05, 4.69) is 15.9 Å². The van der Waals surface area contributed by atoms with Crippen molar-refractivity contribution in [1.29, 1.82) is 0 Å². The van der Waals surface area contributed by atoms with E-state index in [0.29, 0.717) is 35.4 Å². The van der Waals surface area contributed by atoms with Gasteiger partial charge >= 0.3 is 0 Å². The molecule has 4 rings (SSSR count). The summed E-state index contributed by atoms with van der Waals surface area (Å²) in [7, 11) is 0. The second-order valence-electron chi connectivity index (χ2n) is 7.60. The first-order valence-electron chi connectivity index (χ1n) is 10.8. The van der Waals surface area contributed by atoms with Crippen molar-refractivity contribution in [1.82, 2.24) is 14.5 Å². The Morgan fingerprint density at radius 2 is 1.70 bits per heavy atom. The van der Waals surface area contributed by atoms with Crippen molar-refractivity contribution in [3.05, 3.63) is 105 Å². The normalized spacial score (nSPS) is 12.0. The van der Waals surface area contributed by atoms with Crippen LogP contribution in [-0.4, -0.2) is 26.9 Å². The van der Waals surface area contributed by atoms with E-state index in [1.807, 2.05) is 44.2 Å². The quantitative estimate of drug-likeness (QED) is 0.326. The highest BCUT2D eigenvalue weighted by Gasteiger charge is 2.29. The molecule has 1 aromatic heterocycles. The Balaban J connectivity index is 1.95. The van der Waals surface area contributed by atoms with E-state index in [4.69, 9.17) is 4.98 Å². The molecule has 3 aromatic carbocycles. The van der Waals surface area contributed by atoms with Gasteiger partial charge in [-0.25, -0.2) is 9.37 Å². The molecule has 0 aliphatic heterocycles. The lowest BCUT2D eigenvalue weighted by atomic mass is 10.1. The standard InChI is InChI=1S/C26H23BrFN3O2/c1-3-23(30(4-2)25(32)19-9-5-7-11-21(19)28)24-29-22-12-8-6-10-20(22)26(33)31(24)18-15-13-17(27)14-16-18/h5-16,23H,3-4H2,1-2H3. The van der Waals surface area contributed by atoms with Gasteiger partial charge in [-0.2, -0.15) is 0 Å². The van der Waals surface area contributed by atoms with Crippen molar-refractivity contribution >= 4 is 32.7 Å². The summed E-state index contributed by atoms with van der Waals surface area (Å²) in [5.74, 6) is -0.574. The molecule has 0 bridgehead atoms. The smallest absolute Gasteiger partial charge is 0.266 e. The maximum absolute atomic E-state index is 14.4. The highest BCUT2D eigenvalue weighted by Crippen LogP contribution is 2.28. The highest BCUT2D eigenvalue weighted by atomic mass is 79.9. The van der Waals surface area contributed by atoms with Crippen LogP contribution in [0.4, 0.5) is 4.39 Å². The molecule has 0 saturated carbocycles. The van der Waals surface area contributed by atoms with E-state index in [-0.39, 0.29) is 11.1 Å². The maximum atomic E-state index is 14.4. The van der Waals surface area contributed by atoms with Gasteiger partial charge in [0.2, 0.25) is 0 Å². The molecular weight excluding hydrogens is 485 g/mol. The summed E-state index contributed by atoms with van der Waals surface area (Å²) in [6.45, 7) is 4.09. The molecule has 1 atom stereocenters. The van der Waals surface area contributed by atoms with Gasteiger partial charge in [-0.1, -0.05) is 47.1 Å². The van der Waals surface area contributed by atoms with Gasteiger partial charge in [-0.05, 0) is 61.9 Å². The van der Waals surface area contributed by atoms with Gasteiger partial charge in [0, 0.05) is 11.0 Å². The summed E-state index contributed by atoms with van der Waals surface area (Å²) in [4.78, 5) is 33.4. The van der Waals surface area contributed by atoms with E-state index in [1.165, 1.54) is 12.1 Å². The lowest BCUT2D eigenvalue weighted by Crippen LogP contribution is -2.38. The van der Waals surface area contributed by atoms with Gasteiger partial charge in [-0.15, -0.1) is 0 Å². The molecule has 33 heavy (non-hydrogen) atoms. The SMILES string of the molecule is CCC(c1nc2ccccc2c(=O)n1-c1ccc(Br)cc1)N(CC)C(=O)c1ccccc1F. The van der Waals surface area contributed by atoms with E-state index >= 15 is 0 Å². The van der Waals surface area contributed by atoms with Crippen LogP contribution in [0.2, 0.25) is 0 Å². The Hall–Kier alpha value is -3.32. The van der Waals surface area contributed by atoms with Crippen molar-refractivity contribution in [2.75, 3.05) is 6.54 Å². The van der Waals surface area contributed by atoms with Gasteiger partial charge in [0.15, 0.2) is 0 Å². The zero-order chi connectivity index (χ0) is 23.5. The number of para-hydroxylation sites is 1. The summed E-state index contributed by atoms with van der Waals surface area (Å²) in [5, 5.41) is 0.488. The average molecular weight is 508 g/mol. The van der Waals surface area contributed by atoms with Crippen LogP contribution in [0.3, 0.4) is 0 Å². The molecule has 0 aliphatic rings. The molecule has 0 fully saturated rings. The first-order chi connectivity index (χ1) is 16.0. The molecular formula is C26H23BrFN3O2. The Kier molecular flexibility index (Phi) is 6.70. The number of rotatable bonds is 6. The number of hydrogen-bond acceptors (Lipinski definition) is 3. The average Bonchev–Trinajstić information content (AvgIpc) is 2.83. The number of nitrogens with zero attached hydrogens (tertiary/aromatic N) is 3. The predicted octanol–water partition coefficient (Wildman–Crippen LogP) is 5.90. The van der Waals surface area contributed by atoms with Gasteiger partial charge in [0.1, 0.15) is 11.6 Å². The lowest BCUT2D eigenvalue weighted by Gasteiger charge is -2.31. The lowest BCUT2D eigenvalue weighted by molar-refractivity contribution is 0.0667. The van der Waals surface area contributed by atoms with Crippen LogP contribution in [0, 0.1) is 5.82 Å². The number of aromatic nitrogens is 2. The van der Waals surface area contributed by atoms with Crippen LogP contribution in [0.25, 0.3) is 16.6 Å². The predicted molar refractivity (Wildman–Crippen MR) is 131 cm³/mol. The summed E-state index contributed by atoms with van der Waals surface area (Å²) in [5.41, 5.74) is 0.977. The van der Waals surface area contributed by atoms with E-state index in [9.17, 15) is 14.0 Å². The minimum absolute atomic E-state index is 0.00359. The van der Waals surface area contributed by atoms with Crippen LogP contribution in [-0.2, 0) is 0 Å². The van der Waals surface area contributed by atoms with Crippen LogP contribution in [0.15, 0.2) is 82.1 Å². The summed E-state index contributed by atoms with van der Waals surface area (Å²) in [6.07, 6.45) is 0.495. The molecule has 0 N–H and O–H groups in total. The minimum Gasteiger partial charge on any atom is -0.329 e. The van der Waals surface area contributed by atoms with E-state index < -0.39 is 17.8 Å². The maximum Gasteiger partial charge on any atom is 0.266 e. The third-order valence-electron chi connectivity index (χ3n) is 5.65. The molecule has 5 nitrogen and oxygen atoms in total. The number of carbonyl (C=O) groups is 1. The molecule has 0 saturated heterocycles. The molecule has 0 spiro atoms. The number of benzene rings is 3. The van der Waals surface area contributed by atoms with Crippen LogP contribution >= 0.6 is 15.9 Å². The summed E-state index contributed by atoms with van der Waals surface area (Å²) in [6, 6.07) is 19.9. The molecule has 1 unspecified atom stereocenters. The second kappa shape index (κ2) is 9.67. The van der Waals surface area contributed by atoms with Gasteiger partial charge in [0.05, 0.1) is 28.2 Å². The number of fused-ring (bicyclic) bond motifs is 1. The fourth-order valence-electron chi connectivity index (χ4n) is 4.05. The fourth-order valence-corrected chi connectivity index (χ4v) is 4.31. The molecule has 4 aromatic rings. The summed E-state index contributed by atoms with van der Waals surface area (Å²) >= 11 is 3.43. The Morgan fingerprint density at radius 3 is 2.36 bits per heavy atom. The van der Waals surface area contributed by atoms with Gasteiger partial charge in [0.25, 0.3) is 11.5 Å². The van der Waals surface area contributed by atoms with Crippen molar-refractivity contribution in [3.63, 3.8) is 0 Å². The second-order valence-corrected chi connectivity index (χ2v) is 8.51. The van der Waals surface area contributed by atoms with Crippen LogP contribution < -0.4 is 5.56 Å². The third kappa shape index (κ3) is 4.33. The first-order valence-corrected chi connectivity index (χ1v) is 11.6. The largest absolute Gasteiger partial charge is 0.329 e. The zero-order valence-corrected chi connectivity index (χ0v) is 19.9. The molecule has 7 heteroatoms. The molecule has 1 heterocycles. The number of carbonyl (C=O) groups excluding carboxylic acids is 1. The van der Waals surface area contributed by atoms with Gasteiger partial charge < -0.3 is 4.90 Å².